The molecule has 1 aliphatic rings. The van der Waals surface area contributed by atoms with Crippen LogP contribution in [0.15, 0.2) is 62.7 Å². The molecular formula is C17H14N4O2S. The second-order valence-corrected chi connectivity index (χ2v) is 6.61. The second-order valence-electron chi connectivity index (χ2n) is 4.98. The van der Waals surface area contributed by atoms with Crippen molar-refractivity contribution in [1.29, 1.82) is 0 Å². The molecule has 2 heterocycles. The largest absolute Gasteiger partial charge is 0.467 e. The van der Waals surface area contributed by atoms with Gasteiger partial charge in [0, 0.05) is 9.79 Å². The summed E-state index contributed by atoms with van der Waals surface area (Å²) in [5.41, 5.74) is 2.40. The molecule has 6 nitrogen and oxygen atoms in total. The highest BCUT2D eigenvalue weighted by Crippen LogP contribution is 2.42. The monoisotopic (exact) mass is 338 g/mol. The lowest BCUT2D eigenvalue weighted by atomic mass is 10.1. The standard InChI is InChI=1S/C17H14N4O2S/c1-22-16-18-15(19-17(20-16)23-2)21-24-13-9-5-3-7-11(13)12-8-4-6-10-14(12)24/h3-10H,1-2H3. The molecule has 0 spiro atoms. The number of fused-ring (bicyclic) bond motifs is 3. The van der Waals surface area contributed by atoms with Crippen molar-refractivity contribution in [2.75, 3.05) is 14.2 Å². The van der Waals surface area contributed by atoms with Crippen molar-refractivity contribution in [2.24, 2.45) is 4.36 Å². The number of benzene rings is 2. The van der Waals surface area contributed by atoms with E-state index in [4.69, 9.17) is 13.8 Å². The third kappa shape index (κ3) is 2.43. The molecule has 7 heteroatoms. The zero-order valence-electron chi connectivity index (χ0n) is 13.1. The molecule has 24 heavy (non-hydrogen) atoms. The van der Waals surface area contributed by atoms with Gasteiger partial charge >= 0.3 is 12.0 Å². The lowest BCUT2D eigenvalue weighted by Gasteiger charge is -2.05. The van der Waals surface area contributed by atoms with E-state index in [0.29, 0.717) is 5.95 Å². The average Bonchev–Trinajstić information content (AvgIpc) is 2.96. The van der Waals surface area contributed by atoms with Gasteiger partial charge in [0.25, 0.3) is 5.95 Å². The van der Waals surface area contributed by atoms with Crippen molar-refractivity contribution in [2.45, 2.75) is 9.79 Å². The molecule has 1 aromatic heterocycles. The van der Waals surface area contributed by atoms with Crippen molar-refractivity contribution in [3.63, 3.8) is 0 Å². The molecule has 1 aliphatic heterocycles. The molecule has 0 bridgehead atoms. The number of hydrogen-bond acceptors (Lipinski definition) is 6. The number of aromatic nitrogens is 3. The fourth-order valence-corrected chi connectivity index (χ4v) is 4.43. The summed E-state index contributed by atoms with van der Waals surface area (Å²) in [6.45, 7) is 0. The van der Waals surface area contributed by atoms with E-state index in [1.807, 2.05) is 24.3 Å². The smallest absolute Gasteiger partial charge is 0.324 e. The minimum Gasteiger partial charge on any atom is -0.467 e. The summed E-state index contributed by atoms with van der Waals surface area (Å²) in [6.07, 6.45) is 0. The first-order chi connectivity index (χ1) is 11.8. The van der Waals surface area contributed by atoms with Crippen LogP contribution in [-0.2, 0) is 10.7 Å². The van der Waals surface area contributed by atoms with Gasteiger partial charge in [-0.05, 0) is 34.0 Å². The Hall–Kier alpha value is -2.80. The highest BCUT2D eigenvalue weighted by atomic mass is 32.2. The van der Waals surface area contributed by atoms with Gasteiger partial charge in [-0.15, -0.1) is 4.98 Å². The number of nitrogens with zero attached hydrogens (tertiary/aromatic N) is 4. The molecule has 0 saturated heterocycles. The summed E-state index contributed by atoms with van der Waals surface area (Å²) in [5.74, 6) is 0.300. The Labute approximate surface area is 141 Å². The fourth-order valence-electron chi connectivity index (χ4n) is 2.57. The molecule has 0 radical (unpaired) electrons. The van der Waals surface area contributed by atoms with Gasteiger partial charge in [-0.25, -0.2) is 0 Å². The normalized spacial score (nSPS) is 12.4. The van der Waals surface area contributed by atoms with Gasteiger partial charge in [0.2, 0.25) is 0 Å². The molecule has 120 valence electrons. The van der Waals surface area contributed by atoms with Crippen molar-refractivity contribution >= 4 is 16.6 Å². The van der Waals surface area contributed by atoms with E-state index in [0.717, 1.165) is 9.79 Å². The Morgan fingerprint density at radius 3 is 1.75 bits per heavy atom. The van der Waals surface area contributed by atoms with E-state index in [-0.39, 0.29) is 12.0 Å². The Kier molecular flexibility index (Phi) is 3.70. The first-order valence-corrected chi connectivity index (χ1v) is 8.47. The molecular weight excluding hydrogens is 324 g/mol. The summed E-state index contributed by atoms with van der Waals surface area (Å²) < 4.78 is 15.0. The Morgan fingerprint density at radius 1 is 0.750 bits per heavy atom. The lowest BCUT2D eigenvalue weighted by molar-refractivity contribution is 0.341. The van der Waals surface area contributed by atoms with Crippen LogP contribution in [0, 0.1) is 0 Å². The third-order valence-corrected chi connectivity index (χ3v) is 5.49. The van der Waals surface area contributed by atoms with Crippen molar-refractivity contribution in [3.8, 4) is 23.1 Å². The minimum absolute atomic E-state index is 0.185. The van der Waals surface area contributed by atoms with Gasteiger partial charge < -0.3 is 9.47 Å². The highest BCUT2D eigenvalue weighted by molar-refractivity contribution is 7.88. The van der Waals surface area contributed by atoms with Crippen LogP contribution < -0.4 is 9.47 Å². The Morgan fingerprint density at radius 2 is 1.25 bits per heavy atom. The minimum atomic E-state index is -0.488. The van der Waals surface area contributed by atoms with E-state index in [2.05, 4.69) is 39.2 Å². The molecule has 0 fully saturated rings. The number of methoxy groups -OCH3 is 2. The van der Waals surface area contributed by atoms with Crippen LogP contribution in [0.25, 0.3) is 11.1 Å². The van der Waals surface area contributed by atoms with Gasteiger partial charge in [-0.3, -0.25) is 0 Å². The van der Waals surface area contributed by atoms with Crippen LogP contribution in [0.4, 0.5) is 5.95 Å². The van der Waals surface area contributed by atoms with Crippen LogP contribution in [0.3, 0.4) is 0 Å². The van der Waals surface area contributed by atoms with Crippen molar-refractivity contribution < 1.29 is 9.47 Å². The molecule has 0 atom stereocenters. The summed E-state index contributed by atoms with van der Waals surface area (Å²) in [5, 5.41) is 0. The van der Waals surface area contributed by atoms with Crippen molar-refractivity contribution in [1.82, 2.24) is 15.0 Å². The van der Waals surface area contributed by atoms with Crippen molar-refractivity contribution in [3.05, 3.63) is 48.5 Å². The highest BCUT2D eigenvalue weighted by Gasteiger charge is 2.23. The fraction of sp³-hybridized carbons (Fsp3) is 0.118. The SMILES string of the molecule is COc1nc(N=S2c3ccccc3-c3ccccc32)nc(OC)n1. The van der Waals surface area contributed by atoms with Gasteiger partial charge in [-0.2, -0.15) is 14.3 Å². The topological polar surface area (TPSA) is 69.5 Å². The predicted molar refractivity (Wildman–Crippen MR) is 90.8 cm³/mol. The number of rotatable bonds is 3. The predicted octanol–water partition coefficient (Wildman–Crippen LogP) is 3.42. The van der Waals surface area contributed by atoms with E-state index < -0.39 is 10.7 Å². The van der Waals surface area contributed by atoms with Gasteiger partial charge in [0.05, 0.1) is 14.2 Å². The maximum Gasteiger partial charge on any atom is 0.324 e. The van der Waals surface area contributed by atoms with Gasteiger partial charge in [0.15, 0.2) is 0 Å². The summed E-state index contributed by atoms with van der Waals surface area (Å²) in [7, 11) is 2.51. The van der Waals surface area contributed by atoms with Crippen LogP contribution in [0.5, 0.6) is 12.0 Å². The molecule has 0 saturated carbocycles. The lowest BCUT2D eigenvalue weighted by Crippen LogP contribution is -1.99. The van der Waals surface area contributed by atoms with E-state index in [1.54, 1.807) is 0 Å². The summed E-state index contributed by atoms with van der Waals surface area (Å²) in [4.78, 5) is 14.8. The maximum atomic E-state index is 5.10. The summed E-state index contributed by atoms with van der Waals surface area (Å²) in [6, 6.07) is 16.9. The van der Waals surface area contributed by atoms with Gasteiger partial charge in [-0.1, -0.05) is 36.4 Å². The molecule has 2 aromatic carbocycles. The van der Waals surface area contributed by atoms with E-state index >= 15 is 0 Å². The molecule has 3 aromatic rings. The van der Waals surface area contributed by atoms with E-state index in [1.165, 1.54) is 25.3 Å². The molecule has 4 rings (SSSR count). The van der Waals surface area contributed by atoms with Crippen LogP contribution in [0.1, 0.15) is 0 Å². The zero-order chi connectivity index (χ0) is 16.5. The quantitative estimate of drug-likeness (QED) is 0.572. The zero-order valence-corrected chi connectivity index (χ0v) is 13.9. The second kappa shape index (κ2) is 6.01. The molecule has 0 amide bonds. The number of hydrogen-bond donors (Lipinski definition) is 0. The molecule has 0 unspecified atom stereocenters. The first kappa shape index (κ1) is 14.8. The molecule has 0 aliphatic carbocycles. The van der Waals surface area contributed by atoms with Gasteiger partial charge in [0.1, 0.15) is 0 Å². The Bertz CT molecular complexity index is 889. The van der Waals surface area contributed by atoms with Crippen LogP contribution in [0.2, 0.25) is 0 Å². The number of ether oxygens (including phenoxy) is 2. The molecule has 0 N–H and O–H groups in total. The van der Waals surface area contributed by atoms with Crippen LogP contribution >= 0.6 is 0 Å². The summed E-state index contributed by atoms with van der Waals surface area (Å²) >= 11 is 0. The van der Waals surface area contributed by atoms with E-state index in [9.17, 15) is 0 Å². The third-order valence-electron chi connectivity index (χ3n) is 3.60. The first-order valence-electron chi connectivity index (χ1n) is 7.29. The Balaban J connectivity index is 1.92. The average molecular weight is 338 g/mol. The van der Waals surface area contributed by atoms with Crippen LogP contribution in [-0.4, -0.2) is 29.2 Å². The maximum absolute atomic E-state index is 5.10.